The van der Waals surface area contributed by atoms with Crippen molar-refractivity contribution >= 4 is 10.9 Å². The first-order valence-corrected chi connectivity index (χ1v) is 5.81. The van der Waals surface area contributed by atoms with E-state index in [0.717, 1.165) is 34.9 Å². The van der Waals surface area contributed by atoms with Crippen molar-refractivity contribution < 1.29 is 4.74 Å². The molecule has 1 aromatic carbocycles. The largest absolute Gasteiger partial charge is 0.493 e. The minimum atomic E-state index is 0.798. The average molecular weight is 213 g/mol. The lowest BCUT2D eigenvalue weighted by Gasteiger charge is -2.06. The van der Waals surface area contributed by atoms with Crippen LogP contribution in [0.3, 0.4) is 0 Å². The number of hydrogen-bond acceptors (Lipinski definition) is 2. The molecule has 1 saturated carbocycles. The Morgan fingerprint density at radius 2 is 2.12 bits per heavy atom. The quantitative estimate of drug-likeness (QED) is 0.780. The predicted molar refractivity (Wildman–Crippen MR) is 64.7 cm³/mol. The van der Waals surface area contributed by atoms with E-state index in [2.05, 4.69) is 17.1 Å². The maximum Gasteiger partial charge on any atom is 0.120 e. The number of aromatic nitrogens is 1. The van der Waals surface area contributed by atoms with Crippen LogP contribution in [0.4, 0.5) is 0 Å². The maximum atomic E-state index is 5.74. The van der Waals surface area contributed by atoms with Gasteiger partial charge >= 0.3 is 0 Å². The number of ether oxygens (including phenoxy) is 1. The SMILES string of the molecule is Cc1ccc2cc(OCC3CC3)ccc2n1. The van der Waals surface area contributed by atoms with Crippen molar-refractivity contribution in [1.82, 2.24) is 4.98 Å². The number of rotatable bonds is 3. The molecule has 1 fully saturated rings. The topological polar surface area (TPSA) is 22.1 Å². The lowest BCUT2D eigenvalue weighted by atomic mass is 10.2. The molecular formula is C14H15NO. The molecule has 3 rings (SSSR count). The van der Waals surface area contributed by atoms with Crippen LogP contribution >= 0.6 is 0 Å². The molecule has 0 atom stereocenters. The number of pyridine rings is 1. The molecule has 0 bridgehead atoms. The van der Waals surface area contributed by atoms with E-state index < -0.39 is 0 Å². The lowest BCUT2D eigenvalue weighted by Crippen LogP contribution is -1.98. The van der Waals surface area contributed by atoms with Crippen LogP contribution < -0.4 is 4.74 Å². The predicted octanol–water partition coefficient (Wildman–Crippen LogP) is 3.33. The van der Waals surface area contributed by atoms with Crippen molar-refractivity contribution in [2.24, 2.45) is 5.92 Å². The van der Waals surface area contributed by atoms with Crippen molar-refractivity contribution in [2.75, 3.05) is 6.61 Å². The number of aryl methyl sites for hydroxylation is 1. The van der Waals surface area contributed by atoms with Crippen LogP contribution in [0.5, 0.6) is 5.75 Å². The molecule has 1 aromatic heterocycles. The highest BCUT2D eigenvalue weighted by molar-refractivity contribution is 5.80. The van der Waals surface area contributed by atoms with Crippen molar-refractivity contribution in [2.45, 2.75) is 19.8 Å². The second kappa shape index (κ2) is 3.78. The standard InChI is InChI=1S/C14H15NO/c1-10-2-5-12-8-13(6-7-14(12)15-10)16-9-11-3-4-11/h2,5-8,11H,3-4,9H2,1H3. The Bertz CT molecular complexity index is 517. The molecule has 1 aliphatic rings. The van der Waals surface area contributed by atoms with Gasteiger partial charge in [0, 0.05) is 11.1 Å². The summed E-state index contributed by atoms with van der Waals surface area (Å²) >= 11 is 0. The minimum absolute atomic E-state index is 0.798. The van der Waals surface area contributed by atoms with E-state index in [-0.39, 0.29) is 0 Å². The summed E-state index contributed by atoms with van der Waals surface area (Å²) in [5, 5.41) is 1.15. The first kappa shape index (κ1) is 9.64. The summed E-state index contributed by atoms with van der Waals surface area (Å²) in [6.07, 6.45) is 2.66. The Morgan fingerprint density at radius 1 is 1.25 bits per heavy atom. The van der Waals surface area contributed by atoms with Gasteiger partial charge in [0.05, 0.1) is 12.1 Å². The first-order valence-electron chi connectivity index (χ1n) is 5.81. The Hall–Kier alpha value is -1.57. The van der Waals surface area contributed by atoms with Gasteiger partial charge in [-0.15, -0.1) is 0 Å². The smallest absolute Gasteiger partial charge is 0.120 e. The number of nitrogens with zero attached hydrogens (tertiary/aromatic N) is 1. The van der Waals surface area contributed by atoms with Crippen LogP contribution in [-0.2, 0) is 0 Å². The molecule has 82 valence electrons. The van der Waals surface area contributed by atoms with E-state index in [0.29, 0.717) is 0 Å². The van der Waals surface area contributed by atoms with Gasteiger partial charge in [-0.25, -0.2) is 0 Å². The van der Waals surface area contributed by atoms with Crippen LogP contribution in [0, 0.1) is 12.8 Å². The van der Waals surface area contributed by atoms with E-state index >= 15 is 0 Å². The summed E-state index contributed by atoms with van der Waals surface area (Å²) in [6.45, 7) is 2.88. The van der Waals surface area contributed by atoms with E-state index in [1.54, 1.807) is 0 Å². The highest BCUT2D eigenvalue weighted by Crippen LogP contribution is 2.30. The molecule has 2 nitrogen and oxygen atoms in total. The number of hydrogen-bond donors (Lipinski definition) is 0. The zero-order valence-corrected chi connectivity index (χ0v) is 9.44. The summed E-state index contributed by atoms with van der Waals surface area (Å²) in [5.41, 5.74) is 2.10. The average Bonchev–Trinajstić information content (AvgIpc) is 3.10. The van der Waals surface area contributed by atoms with Crippen molar-refractivity contribution in [3.05, 3.63) is 36.0 Å². The van der Waals surface area contributed by atoms with Crippen molar-refractivity contribution in [3.63, 3.8) is 0 Å². The van der Waals surface area contributed by atoms with Gasteiger partial charge in [0.2, 0.25) is 0 Å². The minimum Gasteiger partial charge on any atom is -0.493 e. The third kappa shape index (κ3) is 2.01. The molecule has 1 heterocycles. The Morgan fingerprint density at radius 3 is 2.94 bits per heavy atom. The van der Waals surface area contributed by atoms with E-state index in [1.165, 1.54) is 12.8 Å². The van der Waals surface area contributed by atoms with Gasteiger partial charge in [0.25, 0.3) is 0 Å². The molecule has 16 heavy (non-hydrogen) atoms. The van der Waals surface area contributed by atoms with Crippen LogP contribution in [-0.4, -0.2) is 11.6 Å². The van der Waals surface area contributed by atoms with Gasteiger partial charge in [0.15, 0.2) is 0 Å². The molecular weight excluding hydrogens is 198 g/mol. The zero-order valence-electron chi connectivity index (χ0n) is 9.44. The maximum absolute atomic E-state index is 5.74. The van der Waals surface area contributed by atoms with Crippen LogP contribution in [0.15, 0.2) is 30.3 Å². The summed E-state index contributed by atoms with van der Waals surface area (Å²) in [7, 11) is 0. The second-order valence-corrected chi connectivity index (χ2v) is 4.56. The molecule has 0 radical (unpaired) electrons. The fourth-order valence-electron chi connectivity index (χ4n) is 1.79. The molecule has 0 N–H and O–H groups in total. The second-order valence-electron chi connectivity index (χ2n) is 4.56. The number of benzene rings is 1. The highest BCUT2D eigenvalue weighted by atomic mass is 16.5. The normalized spacial score (nSPS) is 15.3. The third-order valence-corrected chi connectivity index (χ3v) is 2.98. The van der Waals surface area contributed by atoms with E-state index in [9.17, 15) is 0 Å². The number of fused-ring (bicyclic) bond motifs is 1. The van der Waals surface area contributed by atoms with Gasteiger partial charge in [-0.3, -0.25) is 4.98 Å². The third-order valence-electron chi connectivity index (χ3n) is 2.98. The van der Waals surface area contributed by atoms with Gasteiger partial charge in [-0.1, -0.05) is 6.07 Å². The molecule has 0 aliphatic heterocycles. The first-order chi connectivity index (χ1) is 7.81. The van der Waals surface area contributed by atoms with Crippen LogP contribution in [0.1, 0.15) is 18.5 Å². The van der Waals surface area contributed by atoms with Crippen LogP contribution in [0.2, 0.25) is 0 Å². The summed E-state index contributed by atoms with van der Waals surface area (Å²) in [4.78, 5) is 4.47. The van der Waals surface area contributed by atoms with Gasteiger partial charge in [-0.05, 0) is 49.9 Å². The Labute approximate surface area is 95.3 Å². The molecule has 0 saturated heterocycles. The fraction of sp³-hybridized carbons (Fsp3) is 0.357. The van der Waals surface area contributed by atoms with E-state index in [4.69, 9.17) is 4.74 Å². The summed E-state index contributed by atoms with van der Waals surface area (Å²) < 4.78 is 5.74. The molecule has 0 amide bonds. The Kier molecular flexibility index (Phi) is 2.28. The molecule has 2 heteroatoms. The molecule has 2 aromatic rings. The Balaban J connectivity index is 1.86. The molecule has 0 unspecified atom stereocenters. The van der Waals surface area contributed by atoms with Crippen LogP contribution in [0.25, 0.3) is 10.9 Å². The van der Waals surface area contributed by atoms with Crippen molar-refractivity contribution in [3.8, 4) is 5.75 Å². The molecule has 1 aliphatic carbocycles. The molecule has 0 spiro atoms. The van der Waals surface area contributed by atoms with Crippen molar-refractivity contribution in [1.29, 1.82) is 0 Å². The monoisotopic (exact) mass is 213 g/mol. The highest BCUT2D eigenvalue weighted by Gasteiger charge is 2.21. The summed E-state index contributed by atoms with van der Waals surface area (Å²) in [6, 6.07) is 10.3. The van der Waals surface area contributed by atoms with Gasteiger partial charge in [-0.2, -0.15) is 0 Å². The van der Waals surface area contributed by atoms with E-state index in [1.807, 2.05) is 25.1 Å². The van der Waals surface area contributed by atoms with Gasteiger partial charge in [0.1, 0.15) is 5.75 Å². The fourth-order valence-corrected chi connectivity index (χ4v) is 1.79. The lowest BCUT2D eigenvalue weighted by molar-refractivity contribution is 0.300. The van der Waals surface area contributed by atoms with Gasteiger partial charge < -0.3 is 4.74 Å². The zero-order chi connectivity index (χ0) is 11.0. The summed E-state index contributed by atoms with van der Waals surface area (Å²) in [5.74, 6) is 1.76.